The molecule has 1 aliphatic heterocycles. The van der Waals surface area contributed by atoms with Gasteiger partial charge in [-0.05, 0) is 45.0 Å². The SMILES string of the molecule is Cc1cc2cc(OCC3=CN(C(C)CO)C(C)S3)ccc2o1. The fourth-order valence-corrected chi connectivity index (χ4v) is 3.77. The molecule has 0 amide bonds. The molecule has 118 valence electrons. The maximum atomic E-state index is 9.29. The van der Waals surface area contributed by atoms with Gasteiger partial charge in [-0.2, -0.15) is 0 Å². The first-order chi connectivity index (χ1) is 10.6. The molecule has 1 aromatic carbocycles. The lowest BCUT2D eigenvalue weighted by Gasteiger charge is -2.26. The molecule has 2 heterocycles. The number of nitrogens with zero attached hydrogens (tertiary/aromatic N) is 1. The van der Waals surface area contributed by atoms with Crippen molar-refractivity contribution in [1.82, 2.24) is 4.90 Å². The summed E-state index contributed by atoms with van der Waals surface area (Å²) in [6.07, 6.45) is 2.09. The van der Waals surface area contributed by atoms with E-state index in [9.17, 15) is 5.11 Å². The third-order valence-corrected chi connectivity index (χ3v) is 4.91. The van der Waals surface area contributed by atoms with E-state index in [-0.39, 0.29) is 12.6 Å². The Morgan fingerprint density at radius 1 is 1.41 bits per heavy atom. The molecule has 0 bridgehead atoms. The van der Waals surface area contributed by atoms with Gasteiger partial charge in [0.05, 0.1) is 12.0 Å². The van der Waals surface area contributed by atoms with E-state index in [4.69, 9.17) is 9.15 Å². The predicted octanol–water partition coefficient (Wildman–Crippen LogP) is 3.74. The quantitative estimate of drug-likeness (QED) is 0.909. The molecule has 1 aliphatic rings. The molecule has 2 aromatic rings. The summed E-state index contributed by atoms with van der Waals surface area (Å²) in [5, 5.41) is 10.7. The molecule has 2 unspecified atom stereocenters. The highest BCUT2D eigenvalue weighted by Crippen LogP contribution is 2.34. The fraction of sp³-hybridized carbons (Fsp3) is 0.412. The van der Waals surface area contributed by atoms with Gasteiger partial charge in [0, 0.05) is 22.5 Å². The van der Waals surface area contributed by atoms with Crippen molar-refractivity contribution in [2.45, 2.75) is 32.2 Å². The predicted molar refractivity (Wildman–Crippen MR) is 90.0 cm³/mol. The molecular formula is C17H21NO3S. The first-order valence-electron chi connectivity index (χ1n) is 7.45. The van der Waals surface area contributed by atoms with Crippen molar-refractivity contribution in [2.24, 2.45) is 0 Å². The molecule has 0 fully saturated rings. The highest BCUT2D eigenvalue weighted by Gasteiger charge is 2.25. The Hall–Kier alpha value is -1.59. The van der Waals surface area contributed by atoms with E-state index >= 15 is 0 Å². The Morgan fingerprint density at radius 3 is 3.00 bits per heavy atom. The smallest absolute Gasteiger partial charge is 0.134 e. The molecule has 0 radical (unpaired) electrons. The summed E-state index contributed by atoms with van der Waals surface area (Å²) in [4.78, 5) is 3.35. The van der Waals surface area contributed by atoms with Gasteiger partial charge in [-0.15, -0.1) is 11.8 Å². The normalized spacial score (nSPS) is 19.5. The van der Waals surface area contributed by atoms with Crippen LogP contribution in [-0.2, 0) is 0 Å². The molecule has 1 aromatic heterocycles. The number of ether oxygens (including phenoxy) is 1. The van der Waals surface area contributed by atoms with E-state index < -0.39 is 0 Å². The molecule has 2 atom stereocenters. The Bertz CT molecular complexity index is 694. The van der Waals surface area contributed by atoms with Crippen LogP contribution in [-0.4, -0.2) is 34.6 Å². The molecule has 22 heavy (non-hydrogen) atoms. The molecule has 0 spiro atoms. The van der Waals surface area contributed by atoms with Gasteiger partial charge in [0.15, 0.2) is 0 Å². The van der Waals surface area contributed by atoms with Crippen LogP contribution in [0.2, 0.25) is 0 Å². The second-order valence-electron chi connectivity index (χ2n) is 5.64. The van der Waals surface area contributed by atoms with Gasteiger partial charge in [0.1, 0.15) is 23.7 Å². The maximum absolute atomic E-state index is 9.29. The lowest BCUT2D eigenvalue weighted by molar-refractivity contribution is 0.174. The average molecular weight is 319 g/mol. The van der Waals surface area contributed by atoms with Crippen molar-refractivity contribution in [1.29, 1.82) is 0 Å². The molecule has 1 N–H and O–H groups in total. The van der Waals surface area contributed by atoms with Crippen LogP contribution in [0.4, 0.5) is 0 Å². The highest BCUT2D eigenvalue weighted by molar-refractivity contribution is 8.03. The number of benzene rings is 1. The zero-order valence-corrected chi connectivity index (χ0v) is 13.9. The second-order valence-corrected chi connectivity index (χ2v) is 7.08. The van der Waals surface area contributed by atoms with Crippen LogP contribution >= 0.6 is 11.8 Å². The number of thioether (sulfide) groups is 1. The molecule has 0 saturated heterocycles. The minimum atomic E-state index is 0.130. The zero-order valence-electron chi connectivity index (χ0n) is 13.1. The summed E-state index contributed by atoms with van der Waals surface area (Å²) in [6, 6.07) is 8.02. The van der Waals surface area contributed by atoms with Crippen molar-refractivity contribution >= 4 is 22.7 Å². The second kappa shape index (κ2) is 6.26. The minimum Gasteiger partial charge on any atom is -0.488 e. The van der Waals surface area contributed by atoms with Gasteiger partial charge in [0.2, 0.25) is 0 Å². The maximum Gasteiger partial charge on any atom is 0.134 e. The first-order valence-corrected chi connectivity index (χ1v) is 8.33. The Labute approximate surface area is 134 Å². The van der Waals surface area contributed by atoms with E-state index in [0.717, 1.165) is 22.5 Å². The number of rotatable bonds is 5. The first kappa shape index (κ1) is 15.3. The molecule has 0 aliphatic carbocycles. The van der Waals surface area contributed by atoms with E-state index in [2.05, 4.69) is 18.0 Å². The van der Waals surface area contributed by atoms with Crippen LogP contribution in [0.15, 0.2) is 39.8 Å². The van der Waals surface area contributed by atoms with Crippen LogP contribution < -0.4 is 4.74 Å². The third kappa shape index (κ3) is 3.10. The van der Waals surface area contributed by atoms with Crippen molar-refractivity contribution < 1.29 is 14.3 Å². The molecule has 5 heteroatoms. The summed E-state index contributed by atoms with van der Waals surface area (Å²) in [6.45, 7) is 6.81. The Kier molecular flexibility index (Phi) is 4.36. The molecular weight excluding hydrogens is 298 g/mol. The van der Waals surface area contributed by atoms with Crippen LogP contribution in [0.3, 0.4) is 0 Å². The van der Waals surface area contributed by atoms with Crippen molar-refractivity contribution in [3.05, 3.63) is 41.1 Å². The number of hydrogen-bond donors (Lipinski definition) is 1. The van der Waals surface area contributed by atoms with Crippen LogP contribution in [0.25, 0.3) is 11.0 Å². The molecule has 3 rings (SSSR count). The highest BCUT2D eigenvalue weighted by atomic mass is 32.2. The number of aliphatic hydroxyl groups is 1. The minimum absolute atomic E-state index is 0.130. The Morgan fingerprint density at radius 2 is 2.23 bits per heavy atom. The van der Waals surface area contributed by atoms with Gasteiger partial charge in [-0.3, -0.25) is 0 Å². The van der Waals surface area contributed by atoms with Crippen LogP contribution in [0, 0.1) is 6.92 Å². The number of fused-ring (bicyclic) bond motifs is 1. The van der Waals surface area contributed by atoms with Gasteiger partial charge in [-0.25, -0.2) is 0 Å². The van der Waals surface area contributed by atoms with Crippen LogP contribution in [0.1, 0.15) is 19.6 Å². The van der Waals surface area contributed by atoms with E-state index in [1.165, 1.54) is 4.91 Å². The lowest BCUT2D eigenvalue weighted by Crippen LogP contribution is -2.33. The summed E-state index contributed by atoms with van der Waals surface area (Å²) in [5.74, 6) is 1.75. The lowest BCUT2D eigenvalue weighted by atomic mass is 10.2. The van der Waals surface area contributed by atoms with E-state index in [0.29, 0.717) is 12.0 Å². The summed E-state index contributed by atoms with van der Waals surface area (Å²) >= 11 is 1.78. The molecule has 0 saturated carbocycles. The molecule has 4 nitrogen and oxygen atoms in total. The summed E-state index contributed by atoms with van der Waals surface area (Å²) in [7, 11) is 0. The number of furan rings is 1. The number of aryl methyl sites for hydroxylation is 1. The third-order valence-electron chi connectivity index (χ3n) is 3.80. The van der Waals surface area contributed by atoms with Crippen molar-refractivity contribution in [3.63, 3.8) is 0 Å². The van der Waals surface area contributed by atoms with E-state index in [1.807, 2.05) is 38.1 Å². The van der Waals surface area contributed by atoms with Crippen LogP contribution in [0.5, 0.6) is 5.75 Å². The standard InChI is InChI=1S/C17H21NO3S/c1-11(9-19)18-8-16(22-13(18)3)10-20-15-4-5-17-14(7-15)6-12(2)21-17/h4-8,11,13,19H,9-10H2,1-3H3. The van der Waals surface area contributed by atoms with Gasteiger partial charge in [-0.1, -0.05) is 0 Å². The summed E-state index contributed by atoms with van der Waals surface area (Å²) in [5.41, 5.74) is 0.885. The zero-order chi connectivity index (χ0) is 15.7. The average Bonchev–Trinajstić information content (AvgIpc) is 3.05. The van der Waals surface area contributed by atoms with Gasteiger partial charge in [0.25, 0.3) is 0 Å². The largest absolute Gasteiger partial charge is 0.488 e. The topological polar surface area (TPSA) is 45.8 Å². The number of aliphatic hydroxyl groups excluding tert-OH is 1. The van der Waals surface area contributed by atoms with E-state index in [1.54, 1.807) is 11.8 Å². The van der Waals surface area contributed by atoms with Crippen molar-refractivity contribution in [2.75, 3.05) is 13.2 Å². The van der Waals surface area contributed by atoms with Gasteiger partial charge < -0.3 is 19.2 Å². The fourth-order valence-electron chi connectivity index (χ4n) is 2.63. The monoisotopic (exact) mass is 319 g/mol. The van der Waals surface area contributed by atoms with Gasteiger partial charge >= 0.3 is 0 Å². The Balaban J connectivity index is 1.66. The number of hydrogen-bond acceptors (Lipinski definition) is 5. The summed E-state index contributed by atoms with van der Waals surface area (Å²) < 4.78 is 11.5. The van der Waals surface area contributed by atoms with Crippen molar-refractivity contribution in [3.8, 4) is 5.75 Å².